The second-order valence-electron chi connectivity index (χ2n) is 4.72. The van der Waals surface area contributed by atoms with Crippen molar-refractivity contribution in [3.8, 4) is 0 Å². The second kappa shape index (κ2) is 6.88. The number of benzene rings is 1. The summed E-state index contributed by atoms with van der Waals surface area (Å²) < 4.78 is 26.3. The maximum Gasteiger partial charge on any atom is 0.243 e. The predicted octanol–water partition coefficient (Wildman–Crippen LogP) is 1.23. The molecule has 5 nitrogen and oxygen atoms in total. The zero-order valence-electron chi connectivity index (χ0n) is 11.8. The SMILES string of the molecule is CCN(CCCN(C)C)S(=O)(=O)c1ccc(N)cc1. The highest BCUT2D eigenvalue weighted by atomic mass is 32.2. The van der Waals surface area contributed by atoms with Crippen LogP contribution in [0.1, 0.15) is 13.3 Å². The van der Waals surface area contributed by atoms with Gasteiger partial charge in [-0.1, -0.05) is 6.92 Å². The van der Waals surface area contributed by atoms with Crippen LogP contribution in [0.2, 0.25) is 0 Å². The standard InChI is InChI=1S/C13H23N3O2S/c1-4-16(11-5-10-15(2)3)19(17,18)13-8-6-12(14)7-9-13/h6-9H,4-5,10-11,14H2,1-3H3. The Hall–Kier alpha value is -1.11. The van der Waals surface area contributed by atoms with Gasteiger partial charge in [0, 0.05) is 18.8 Å². The summed E-state index contributed by atoms with van der Waals surface area (Å²) in [6.45, 7) is 3.72. The van der Waals surface area contributed by atoms with Crippen LogP contribution < -0.4 is 5.73 Å². The van der Waals surface area contributed by atoms with Crippen LogP contribution in [0.4, 0.5) is 5.69 Å². The van der Waals surface area contributed by atoms with Crippen molar-refractivity contribution in [1.82, 2.24) is 9.21 Å². The smallest absolute Gasteiger partial charge is 0.243 e. The van der Waals surface area contributed by atoms with Crippen molar-refractivity contribution in [3.63, 3.8) is 0 Å². The van der Waals surface area contributed by atoms with Crippen molar-refractivity contribution < 1.29 is 8.42 Å². The van der Waals surface area contributed by atoms with Crippen LogP contribution >= 0.6 is 0 Å². The van der Waals surface area contributed by atoms with Gasteiger partial charge in [-0.25, -0.2) is 8.42 Å². The number of anilines is 1. The molecule has 0 fully saturated rings. The van der Waals surface area contributed by atoms with E-state index in [1.54, 1.807) is 24.3 Å². The molecule has 0 heterocycles. The lowest BCUT2D eigenvalue weighted by molar-refractivity contribution is 0.356. The second-order valence-corrected chi connectivity index (χ2v) is 6.66. The average Bonchev–Trinajstić information content (AvgIpc) is 2.34. The highest BCUT2D eigenvalue weighted by molar-refractivity contribution is 7.89. The molecule has 0 aliphatic heterocycles. The minimum Gasteiger partial charge on any atom is -0.399 e. The van der Waals surface area contributed by atoms with E-state index in [1.165, 1.54) is 4.31 Å². The molecule has 0 saturated heterocycles. The van der Waals surface area contributed by atoms with Gasteiger partial charge in [-0.2, -0.15) is 4.31 Å². The summed E-state index contributed by atoms with van der Waals surface area (Å²) in [5, 5.41) is 0. The van der Waals surface area contributed by atoms with Crippen LogP contribution in [-0.2, 0) is 10.0 Å². The number of nitrogens with two attached hydrogens (primary N) is 1. The molecule has 0 radical (unpaired) electrons. The molecule has 0 atom stereocenters. The molecule has 0 spiro atoms. The predicted molar refractivity (Wildman–Crippen MR) is 78.5 cm³/mol. The van der Waals surface area contributed by atoms with Crippen molar-refractivity contribution in [2.75, 3.05) is 39.5 Å². The molecule has 0 aliphatic carbocycles. The maximum atomic E-state index is 12.4. The van der Waals surface area contributed by atoms with Gasteiger partial charge < -0.3 is 10.6 Å². The van der Waals surface area contributed by atoms with Gasteiger partial charge in [0.05, 0.1) is 4.90 Å². The molecule has 0 aromatic heterocycles. The van der Waals surface area contributed by atoms with Crippen LogP contribution in [0.15, 0.2) is 29.2 Å². The molecule has 1 aromatic carbocycles. The Kier molecular flexibility index (Phi) is 5.78. The summed E-state index contributed by atoms with van der Waals surface area (Å²) in [5.41, 5.74) is 6.14. The first-order chi connectivity index (χ1) is 8.87. The third-order valence-electron chi connectivity index (χ3n) is 2.88. The van der Waals surface area contributed by atoms with E-state index in [0.29, 0.717) is 23.7 Å². The van der Waals surface area contributed by atoms with Crippen LogP contribution in [0, 0.1) is 0 Å². The Labute approximate surface area is 116 Å². The minimum absolute atomic E-state index is 0.299. The minimum atomic E-state index is -3.41. The molecule has 0 amide bonds. The summed E-state index contributed by atoms with van der Waals surface area (Å²) in [6, 6.07) is 6.33. The molecule has 108 valence electrons. The fourth-order valence-electron chi connectivity index (χ4n) is 1.80. The molecular weight excluding hydrogens is 262 g/mol. The van der Waals surface area contributed by atoms with Gasteiger partial charge >= 0.3 is 0 Å². The normalized spacial score (nSPS) is 12.3. The summed E-state index contributed by atoms with van der Waals surface area (Å²) in [7, 11) is 0.547. The van der Waals surface area contributed by atoms with Crippen molar-refractivity contribution in [3.05, 3.63) is 24.3 Å². The first-order valence-electron chi connectivity index (χ1n) is 6.38. The molecule has 0 aliphatic rings. The van der Waals surface area contributed by atoms with E-state index in [2.05, 4.69) is 0 Å². The Balaban J connectivity index is 2.80. The highest BCUT2D eigenvalue weighted by Crippen LogP contribution is 2.17. The van der Waals surface area contributed by atoms with E-state index in [9.17, 15) is 8.42 Å². The zero-order chi connectivity index (χ0) is 14.5. The van der Waals surface area contributed by atoms with E-state index < -0.39 is 10.0 Å². The number of hydrogen-bond acceptors (Lipinski definition) is 4. The largest absolute Gasteiger partial charge is 0.399 e. The zero-order valence-corrected chi connectivity index (χ0v) is 12.7. The van der Waals surface area contributed by atoms with Crippen LogP contribution in [0.3, 0.4) is 0 Å². The van der Waals surface area contributed by atoms with E-state index in [0.717, 1.165) is 13.0 Å². The lowest BCUT2D eigenvalue weighted by Gasteiger charge is -2.21. The van der Waals surface area contributed by atoms with Crippen molar-refractivity contribution >= 4 is 15.7 Å². The summed E-state index contributed by atoms with van der Waals surface area (Å²) in [5.74, 6) is 0. The van der Waals surface area contributed by atoms with Gasteiger partial charge in [0.25, 0.3) is 0 Å². The Morgan fingerprint density at radius 3 is 2.16 bits per heavy atom. The van der Waals surface area contributed by atoms with E-state index >= 15 is 0 Å². The molecule has 2 N–H and O–H groups in total. The van der Waals surface area contributed by atoms with Crippen molar-refractivity contribution in [1.29, 1.82) is 0 Å². The number of hydrogen-bond donors (Lipinski definition) is 1. The third kappa shape index (κ3) is 4.49. The fourth-order valence-corrected chi connectivity index (χ4v) is 3.29. The number of rotatable bonds is 7. The van der Waals surface area contributed by atoms with Gasteiger partial charge in [0.15, 0.2) is 0 Å². The number of nitrogen functional groups attached to an aromatic ring is 1. The maximum absolute atomic E-state index is 12.4. The first-order valence-corrected chi connectivity index (χ1v) is 7.82. The van der Waals surface area contributed by atoms with Crippen LogP contribution in [0.25, 0.3) is 0 Å². The van der Waals surface area contributed by atoms with E-state index in [-0.39, 0.29) is 0 Å². The van der Waals surface area contributed by atoms with Crippen molar-refractivity contribution in [2.45, 2.75) is 18.2 Å². The lowest BCUT2D eigenvalue weighted by Crippen LogP contribution is -2.33. The molecule has 1 aromatic rings. The molecular formula is C13H23N3O2S. The summed E-state index contributed by atoms with van der Waals surface area (Å²) >= 11 is 0. The quantitative estimate of drug-likeness (QED) is 0.765. The molecule has 6 heteroatoms. The number of sulfonamides is 1. The Bertz CT molecular complexity index is 483. The Morgan fingerprint density at radius 1 is 1.11 bits per heavy atom. The monoisotopic (exact) mass is 285 g/mol. The fraction of sp³-hybridized carbons (Fsp3) is 0.538. The molecule has 0 saturated carbocycles. The topological polar surface area (TPSA) is 66.6 Å². The van der Waals surface area contributed by atoms with Gasteiger partial charge in [0.2, 0.25) is 10.0 Å². The van der Waals surface area contributed by atoms with Gasteiger partial charge in [-0.15, -0.1) is 0 Å². The van der Waals surface area contributed by atoms with Gasteiger partial charge in [0.1, 0.15) is 0 Å². The van der Waals surface area contributed by atoms with E-state index in [1.807, 2.05) is 25.9 Å². The Morgan fingerprint density at radius 2 is 1.68 bits per heavy atom. The molecule has 0 unspecified atom stereocenters. The highest BCUT2D eigenvalue weighted by Gasteiger charge is 2.22. The molecule has 19 heavy (non-hydrogen) atoms. The molecule has 1 rings (SSSR count). The number of nitrogens with zero attached hydrogens (tertiary/aromatic N) is 2. The third-order valence-corrected chi connectivity index (χ3v) is 4.87. The first kappa shape index (κ1) is 15.9. The van der Waals surface area contributed by atoms with Crippen LogP contribution in [-0.4, -0.2) is 51.4 Å². The van der Waals surface area contributed by atoms with Crippen LogP contribution in [0.5, 0.6) is 0 Å². The summed E-state index contributed by atoms with van der Waals surface area (Å²) in [6.07, 6.45) is 0.815. The molecule has 0 bridgehead atoms. The van der Waals surface area contributed by atoms with Gasteiger partial charge in [-0.05, 0) is 51.3 Å². The lowest BCUT2D eigenvalue weighted by atomic mass is 10.3. The van der Waals surface area contributed by atoms with Gasteiger partial charge in [-0.3, -0.25) is 0 Å². The average molecular weight is 285 g/mol. The van der Waals surface area contributed by atoms with E-state index in [4.69, 9.17) is 5.73 Å². The van der Waals surface area contributed by atoms with Crippen molar-refractivity contribution in [2.24, 2.45) is 0 Å². The summed E-state index contributed by atoms with van der Waals surface area (Å²) in [4.78, 5) is 2.34.